The Bertz CT molecular complexity index is 840. The molecule has 0 fully saturated rings. The fraction of sp³-hybridized carbons (Fsp3) is 0.280. The first-order chi connectivity index (χ1) is 12.8. The fourth-order valence-electron chi connectivity index (χ4n) is 4.55. The van der Waals surface area contributed by atoms with E-state index in [-0.39, 0.29) is 5.54 Å². The van der Waals surface area contributed by atoms with Gasteiger partial charge in [0.05, 0.1) is 5.54 Å². The summed E-state index contributed by atoms with van der Waals surface area (Å²) in [5.41, 5.74) is 5.93. The summed E-state index contributed by atoms with van der Waals surface area (Å²) >= 11 is 0. The third-order valence-electron chi connectivity index (χ3n) is 5.92. The predicted molar refractivity (Wildman–Crippen MR) is 109 cm³/mol. The lowest BCUT2D eigenvalue weighted by Gasteiger charge is -2.48. The van der Waals surface area contributed by atoms with E-state index in [9.17, 15) is 0 Å². The van der Waals surface area contributed by atoms with Crippen LogP contribution in [0.25, 0.3) is 0 Å². The Hall–Kier alpha value is -2.38. The van der Waals surface area contributed by atoms with E-state index in [2.05, 4.69) is 96.8 Å². The molecule has 4 rings (SSSR count). The number of rotatable bonds is 5. The summed E-state index contributed by atoms with van der Waals surface area (Å²) in [6, 6.07) is 31.0. The van der Waals surface area contributed by atoms with Crippen molar-refractivity contribution in [3.8, 4) is 0 Å². The Morgan fingerprint density at radius 3 is 2.08 bits per heavy atom. The van der Waals surface area contributed by atoms with Crippen LogP contribution < -0.4 is 0 Å². The zero-order valence-electron chi connectivity index (χ0n) is 15.6. The van der Waals surface area contributed by atoms with E-state index >= 15 is 0 Å². The molecule has 1 heteroatoms. The van der Waals surface area contributed by atoms with E-state index in [4.69, 9.17) is 0 Å². The summed E-state index contributed by atoms with van der Waals surface area (Å²) in [7, 11) is 0. The molecule has 1 unspecified atom stereocenters. The van der Waals surface area contributed by atoms with Gasteiger partial charge in [0.2, 0.25) is 0 Å². The highest BCUT2D eigenvalue weighted by atomic mass is 15.2. The minimum absolute atomic E-state index is 0.0615. The van der Waals surface area contributed by atoms with Gasteiger partial charge in [0.25, 0.3) is 0 Å². The van der Waals surface area contributed by atoms with Crippen LogP contribution >= 0.6 is 0 Å². The zero-order valence-corrected chi connectivity index (χ0v) is 15.6. The second-order valence-electron chi connectivity index (χ2n) is 7.36. The highest BCUT2D eigenvalue weighted by Crippen LogP contribution is 2.41. The summed E-state index contributed by atoms with van der Waals surface area (Å²) < 4.78 is 0. The van der Waals surface area contributed by atoms with E-state index < -0.39 is 0 Å². The Morgan fingerprint density at radius 2 is 1.38 bits per heavy atom. The standard InChI is InChI=1S/C25H27N/c1-2-25(19-21-11-5-3-6-12-21)24-16-10-9-15-23(24)17-18-26(25)20-22-13-7-4-8-14-22/h3-16H,2,17-20H2,1H3. The summed E-state index contributed by atoms with van der Waals surface area (Å²) in [5, 5.41) is 0. The smallest absolute Gasteiger partial charge is 0.0504 e. The second-order valence-corrected chi connectivity index (χ2v) is 7.36. The van der Waals surface area contributed by atoms with E-state index in [0.717, 1.165) is 32.4 Å². The zero-order chi connectivity index (χ0) is 17.8. The molecule has 26 heavy (non-hydrogen) atoms. The van der Waals surface area contributed by atoms with Crippen LogP contribution in [-0.2, 0) is 24.9 Å². The molecule has 0 aromatic heterocycles. The van der Waals surface area contributed by atoms with Crippen LogP contribution in [0.4, 0.5) is 0 Å². The van der Waals surface area contributed by atoms with Crippen molar-refractivity contribution in [2.75, 3.05) is 6.54 Å². The van der Waals surface area contributed by atoms with Crippen molar-refractivity contribution in [1.29, 1.82) is 0 Å². The number of benzene rings is 3. The highest BCUT2D eigenvalue weighted by Gasteiger charge is 2.40. The van der Waals surface area contributed by atoms with Crippen molar-refractivity contribution in [3.05, 3.63) is 107 Å². The Labute approximate surface area is 157 Å². The molecule has 0 aliphatic carbocycles. The van der Waals surface area contributed by atoms with Crippen molar-refractivity contribution in [2.45, 2.75) is 38.3 Å². The van der Waals surface area contributed by atoms with Gasteiger partial charge in [-0.25, -0.2) is 0 Å². The van der Waals surface area contributed by atoms with Crippen molar-refractivity contribution in [2.24, 2.45) is 0 Å². The van der Waals surface area contributed by atoms with Crippen LogP contribution in [0, 0.1) is 0 Å². The van der Waals surface area contributed by atoms with Gasteiger partial charge in [0, 0.05) is 13.1 Å². The third-order valence-corrected chi connectivity index (χ3v) is 5.92. The van der Waals surface area contributed by atoms with E-state index in [1.807, 2.05) is 0 Å². The maximum Gasteiger partial charge on any atom is 0.0504 e. The lowest BCUT2D eigenvalue weighted by molar-refractivity contribution is 0.0598. The Kier molecular flexibility index (Phi) is 4.90. The monoisotopic (exact) mass is 341 g/mol. The molecule has 0 saturated carbocycles. The summed E-state index contributed by atoms with van der Waals surface area (Å²) in [5.74, 6) is 0. The molecular formula is C25H27N. The fourth-order valence-corrected chi connectivity index (χ4v) is 4.55. The number of fused-ring (bicyclic) bond motifs is 1. The molecule has 132 valence electrons. The molecule has 0 spiro atoms. The van der Waals surface area contributed by atoms with Crippen LogP contribution in [0.15, 0.2) is 84.9 Å². The third kappa shape index (κ3) is 3.20. The van der Waals surface area contributed by atoms with Crippen molar-refractivity contribution in [1.82, 2.24) is 4.90 Å². The van der Waals surface area contributed by atoms with Crippen LogP contribution in [0.1, 0.15) is 35.6 Å². The maximum atomic E-state index is 2.72. The van der Waals surface area contributed by atoms with Gasteiger partial charge in [0.15, 0.2) is 0 Å². The van der Waals surface area contributed by atoms with Gasteiger partial charge >= 0.3 is 0 Å². The van der Waals surface area contributed by atoms with Gasteiger partial charge in [-0.1, -0.05) is 91.9 Å². The summed E-state index contributed by atoms with van der Waals surface area (Å²) in [6.07, 6.45) is 3.32. The molecular weight excluding hydrogens is 314 g/mol. The first-order valence-corrected chi connectivity index (χ1v) is 9.73. The molecule has 0 N–H and O–H groups in total. The molecule has 3 aromatic carbocycles. The van der Waals surface area contributed by atoms with Gasteiger partial charge in [-0.15, -0.1) is 0 Å². The van der Waals surface area contributed by atoms with Crippen LogP contribution in [0.3, 0.4) is 0 Å². The molecule has 0 radical (unpaired) electrons. The molecule has 1 atom stereocenters. The lowest BCUT2D eigenvalue weighted by atomic mass is 9.74. The van der Waals surface area contributed by atoms with E-state index in [1.54, 1.807) is 0 Å². The largest absolute Gasteiger partial charge is 0.289 e. The van der Waals surface area contributed by atoms with Crippen molar-refractivity contribution < 1.29 is 0 Å². The highest BCUT2D eigenvalue weighted by molar-refractivity contribution is 5.39. The minimum atomic E-state index is 0.0615. The van der Waals surface area contributed by atoms with Crippen LogP contribution in [0.2, 0.25) is 0 Å². The Balaban J connectivity index is 1.77. The van der Waals surface area contributed by atoms with Crippen molar-refractivity contribution >= 4 is 0 Å². The van der Waals surface area contributed by atoms with Crippen LogP contribution in [-0.4, -0.2) is 11.4 Å². The molecule has 1 heterocycles. The summed E-state index contributed by atoms with van der Waals surface area (Å²) in [6.45, 7) is 4.48. The number of hydrogen-bond acceptors (Lipinski definition) is 1. The lowest BCUT2D eigenvalue weighted by Crippen LogP contribution is -2.51. The Morgan fingerprint density at radius 1 is 0.769 bits per heavy atom. The SMILES string of the molecule is CCC1(Cc2ccccc2)c2ccccc2CCN1Cc1ccccc1. The van der Waals surface area contributed by atoms with Crippen LogP contribution in [0.5, 0.6) is 0 Å². The molecule has 0 saturated heterocycles. The molecule has 0 amide bonds. The normalized spacial score (nSPS) is 19.9. The van der Waals surface area contributed by atoms with Gasteiger partial charge in [0.1, 0.15) is 0 Å². The first kappa shape index (κ1) is 17.1. The molecule has 0 bridgehead atoms. The quantitative estimate of drug-likeness (QED) is 0.584. The van der Waals surface area contributed by atoms with Gasteiger partial charge in [-0.2, -0.15) is 0 Å². The first-order valence-electron chi connectivity index (χ1n) is 9.73. The van der Waals surface area contributed by atoms with Crippen molar-refractivity contribution in [3.63, 3.8) is 0 Å². The van der Waals surface area contributed by atoms with E-state index in [1.165, 1.54) is 22.3 Å². The van der Waals surface area contributed by atoms with Gasteiger partial charge in [-0.3, -0.25) is 4.90 Å². The minimum Gasteiger partial charge on any atom is -0.289 e. The molecule has 3 aromatic rings. The van der Waals surface area contributed by atoms with Gasteiger partial charge < -0.3 is 0 Å². The summed E-state index contributed by atoms with van der Waals surface area (Å²) in [4.78, 5) is 2.72. The van der Waals surface area contributed by atoms with Gasteiger partial charge in [-0.05, 0) is 41.5 Å². The average molecular weight is 341 g/mol. The number of nitrogens with zero attached hydrogens (tertiary/aromatic N) is 1. The molecule has 1 nitrogen and oxygen atoms in total. The van der Waals surface area contributed by atoms with E-state index in [0.29, 0.717) is 0 Å². The maximum absolute atomic E-state index is 2.72. The topological polar surface area (TPSA) is 3.24 Å². The molecule has 1 aliphatic heterocycles. The second kappa shape index (κ2) is 7.47. The number of hydrogen-bond donors (Lipinski definition) is 0. The average Bonchev–Trinajstić information content (AvgIpc) is 2.71. The predicted octanol–water partition coefficient (Wildman–Crippen LogP) is 5.59. The molecule has 1 aliphatic rings.